The van der Waals surface area contributed by atoms with Gasteiger partial charge in [-0.15, -0.1) is 0 Å². The molecule has 0 saturated carbocycles. The van der Waals surface area contributed by atoms with E-state index in [9.17, 15) is 4.39 Å². The minimum absolute atomic E-state index is 0.350. The average Bonchev–Trinajstić information content (AvgIpc) is 3.13. The molecule has 1 saturated heterocycles. The summed E-state index contributed by atoms with van der Waals surface area (Å²) in [6.07, 6.45) is 5.28. The third kappa shape index (κ3) is 2.75. The van der Waals surface area contributed by atoms with E-state index in [-0.39, 0.29) is 5.82 Å². The molecule has 3 rings (SSSR count). The first-order chi connectivity index (χ1) is 10.6. The van der Waals surface area contributed by atoms with E-state index in [1.807, 2.05) is 41.7 Å². The number of aryl methyl sites for hydroxylation is 1. The second-order valence-electron chi connectivity index (χ2n) is 5.77. The Morgan fingerprint density at radius 3 is 2.64 bits per heavy atom. The van der Waals surface area contributed by atoms with E-state index in [0.29, 0.717) is 18.3 Å². The lowest BCUT2D eigenvalue weighted by Gasteiger charge is -2.21. The summed E-state index contributed by atoms with van der Waals surface area (Å²) in [7, 11) is 3.83. The van der Waals surface area contributed by atoms with E-state index in [1.165, 1.54) is 6.20 Å². The molecule has 0 atom stereocenters. The van der Waals surface area contributed by atoms with Crippen molar-refractivity contribution in [3.8, 4) is 0 Å². The molecule has 0 spiro atoms. The molecule has 7 heteroatoms. The number of aromatic nitrogens is 4. The van der Waals surface area contributed by atoms with Gasteiger partial charge in [-0.1, -0.05) is 0 Å². The Hall–Kier alpha value is -2.18. The highest BCUT2D eigenvalue weighted by atomic mass is 19.1. The fraction of sp³-hybridized carbons (Fsp3) is 0.533. The molecule has 0 aromatic carbocycles. The van der Waals surface area contributed by atoms with Gasteiger partial charge in [-0.25, -0.2) is 9.37 Å². The van der Waals surface area contributed by atoms with E-state index >= 15 is 0 Å². The number of halogens is 1. The molecule has 1 fully saturated rings. The number of anilines is 2. The largest absolute Gasteiger partial charge is 0.354 e. The first kappa shape index (κ1) is 14.7. The highest BCUT2D eigenvalue weighted by Crippen LogP contribution is 2.23. The summed E-state index contributed by atoms with van der Waals surface area (Å²) < 4.78 is 15.8. The summed E-state index contributed by atoms with van der Waals surface area (Å²) in [5, 5.41) is 4.24. The standard InChI is InChI=1S/C15H21FN6/c1-11-12(8-18-21(11)3)10-20(2)15-17-9-13(16)14(19-15)22-6-4-5-7-22/h8-9H,4-7,10H2,1-3H3. The molecule has 3 heterocycles. The van der Waals surface area contributed by atoms with Crippen molar-refractivity contribution in [1.82, 2.24) is 19.7 Å². The Morgan fingerprint density at radius 1 is 1.27 bits per heavy atom. The van der Waals surface area contributed by atoms with Gasteiger partial charge in [0.05, 0.1) is 12.4 Å². The Balaban J connectivity index is 1.81. The van der Waals surface area contributed by atoms with Crippen molar-refractivity contribution in [2.75, 3.05) is 29.9 Å². The number of rotatable bonds is 4. The molecule has 22 heavy (non-hydrogen) atoms. The van der Waals surface area contributed by atoms with Gasteiger partial charge < -0.3 is 9.80 Å². The van der Waals surface area contributed by atoms with Gasteiger partial charge in [0.2, 0.25) is 5.95 Å². The predicted octanol–water partition coefficient (Wildman–Crippen LogP) is 1.89. The topological polar surface area (TPSA) is 50.1 Å². The van der Waals surface area contributed by atoms with Crippen molar-refractivity contribution in [3.63, 3.8) is 0 Å². The van der Waals surface area contributed by atoms with E-state index in [4.69, 9.17) is 0 Å². The summed E-state index contributed by atoms with van der Waals surface area (Å²) >= 11 is 0. The van der Waals surface area contributed by atoms with Crippen LogP contribution in [-0.2, 0) is 13.6 Å². The molecule has 0 aliphatic carbocycles. The molecule has 0 radical (unpaired) electrons. The minimum atomic E-state index is -0.350. The summed E-state index contributed by atoms with van der Waals surface area (Å²) in [6, 6.07) is 0. The molecule has 0 unspecified atom stereocenters. The van der Waals surface area contributed by atoms with Crippen LogP contribution >= 0.6 is 0 Å². The minimum Gasteiger partial charge on any atom is -0.354 e. The number of hydrogen-bond acceptors (Lipinski definition) is 5. The Morgan fingerprint density at radius 2 is 2.00 bits per heavy atom. The van der Waals surface area contributed by atoms with Crippen LogP contribution in [0.25, 0.3) is 0 Å². The first-order valence-electron chi connectivity index (χ1n) is 7.52. The SMILES string of the molecule is Cc1c(CN(C)c2ncc(F)c(N3CCCC3)n2)cnn1C. The van der Waals surface area contributed by atoms with Crippen LogP contribution in [-0.4, -0.2) is 39.9 Å². The van der Waals surface area contributed by atoms with Gasteiger partial charge in [0.1, 0.15) is 0 Å². The molecule has 0 N–H and O–H groups in total. The fourth-order valence-electron chi connectivity index (χ4n) is 2.71. The number of nitrogens with zero attached hydrogens (tertiary/aromatic N) is 6. The molecular weight excluding hydrogens is 283 g/mol. The first-order valence-corrected chi connectivity index (χ1v) is 7.52. The molecule has 6 nitrogen and oxygen atoms in total. The number of hydrogen-bond donors (Lipinski definition) is 0. The van der Waals surface area contributed by atoms with Gasteiger partial charge in [0, 0.05) is 45.0 Å². The zero-order valence-corrected chi connectivity index (χ0v) is 13.3. The average molecular weight is 304 g/mol. The van der Waals surface area contributed by atoms with Crippen LogP contribution in [0.4, 0.5) is 16.2 Å². The van der Waals surface area contributed by atoms with Gasteiger partial charge in [0.25, 0.3) is 0 Å². The van der Waals surface area contributed by atoms with Crippen LogP contribution in [0, 0.1) is 12.7 Å². The third-order valence-electron chi connectivity index (χ3n) is 4.20. The van der Waals surface area contributed by atoms with Crippen molar-refractivity contribution in [2.24, 2.45) is 7.05 Å². The van der Waals surface area contributed by atoms with E-state index in [2.05, 4.69) is 15.1 Å². The van der Waals surface area contributed by atoms with Crippen molar-refractivity contribution >= 4 is 11.8 Å². The van der Waals surface area contributed by atoms with Crippen molar-refractivity contribution in [1.29, 1.82) is 0 Å². The highest BCUT2D eigenvalue weighted by Gasteiger charge is 2.20. The lowest BCUT2D eigenvalue weighted by Crippen LogP contribution is -2.24. The van der Waals surface area contributed by atoms with E-state index in [1.54, 1.807) is 0 Å². The molecule has 118 valence electrons. The quantitative estimate of drug-likeness (QED) is 0.863. The molecule has 1 aliphatic heterocycles. The van der Waals surface area contributed by atoms with Crippen molar-refractivity contribution in [3.05, 3.63) is 29.5 Å². The molecule has 1 aliphatic rings. The Labute approximate surface area is 129 Å². The highest BCUT2D eigenvalue weighted by molar-refractivity contribution is 5.45. The lowest BCUT2D eigenvalue weighted by atomic mass is 10.2. The van der Waals surface area contributed by atoms with Crippen molar-refractivity contribution in [2.45, 2.75) is 26.3 Å². The zero-order chi connectivity index (χ0) is 15.7. The predicted molar refractivity (Wildman–Crippen MR) is 83.5 cm³/mol. The van der Waals surface area contributed by atoms with Crippen LogP contribution in [0.1, 0.15) is 24.1 Å². The maximum Gasteiger partial charge on any atom is 0.227 e. The Bertz CT molecular complexity index is 662. The van der Waals surface area contributed by atoms with Gasteiger partial charge in [-0.2, -0.15) is 10.1 Å². The summed E-state index contributed by atoms with van der Waals surface area (Å²) in [4.78, 5) is 12.5. The van der Waals surface area contributed by atoms with Crippen molar-refractivity contribution < 1.29 is 4.39 Å². The molecule has 2 aromatic heterocycles. The summed E-state index contributed by atoms with van der Waals surface area (Å²) in [6.45, 7) is 4.39. The van der Waals surface area contributed by atoms with Crippen LogP contribution < -0.4 is 9.80 Å². The monoisotopic (exact) mass is 304 g/mol. The van der Waals surface area contributed by atoms with E-state index < -0.39 is 0 Å². The van der Waals surface area contributed by atoms with Gasteiger partial charge in [-0.3, -0.25) is 4.68 Å². The molecule has 2 aromatic rings. The summed E-state index contributed by atoms with van der Waals surface area (Å²) in [5.41, 5.74) is 2.22. The van der Waals surface area contributed by atoms with Gasteiger partial charge in [0.15, 0.2) is 11.6 Å². The smallest absolute Gasteiger partial charge is 0.227 e. The Kier molecular flexibility index (Phi) is 3.96. The maximum atomic E-state index is 14.0. The maximum absolute atomic E-state index is 14.0. The van der Waals surface area contributed by atoms with Gasteiger partial charge >= 0.3 is 0 Å². The molecular formula is C15H21FN6. The zero-order valence-electron chi connectivity index (χ0n) is 13.3. The van der Waals surface area contributed by atoms with Crippen LogP contribution in [0.2, 0.25) is 0 Å². The van der Waals surface area contributed by atoms with Gasteiger partial charge in [-0.05, 0) is 19.8 Å². The van der Waals surface area contributed by atoms with Crippen LogP contribution in [0.15, 0.2) is 12.4 Å². The second kappa shape index (κ2) is 5.90. The van der Waals surface area contributed by atoms with Crippen LogP contribution in [0.5, 0.6) is 0 Å². The summed E-state index contributed by atoms with van der Waals surface area (Å²) in [5.74, 6) is 0.598. The third-order valence-corrected chi connectivity index (χ3v) is 4.20. The molecule has 0 bridgehead atoms. The second-order valence-corrected chi connectivity index (χ2v) is 5.77. The van der Waals surface area contributed by atoms with Crippen LogP contribution in [0.3, 0.4) is 0 Å². The molecule has 0 amide bonds. The normalized spacial score (nSPS) is 14.6. The fourth-order valence-corrected chi connectivity index (χ4v) is 2.71. The lowest BCUT2D eigenvalue weighted by molar-refractivity contribution is 0.606. The van der Waals surface area contributed by atoms with E-state index in [0.717, 1.165) is 37.2 Å².